The van der Waals surface area contributed by atoms with Gasteiger partial charge in [0.15, 0.2) is 0 Å². The fourth-order valence-corrected chi connectivity index (χ4v) is 2.49. The highest BCUT2D eigenvalue weighted by Gasteiger charge is 2.21. The van der Waals surface area contributed by atoms with E-state index in [4.69, 9.17) is 9.02 Å². The van der Waals surface area contributed by atoms with Crippen LogP contribution < -0.4 is 0 Å². The van der Waals surface area contributed by atoms with Gasteiger partial charge in [-0.25, -0.2) is 0 Å². The minimum atomic E-state index is -3.71. The van der Waals surface area contributed by atoms with Gasteiger partial charge < -0.3 is 4.74 Å². The third-order valence-corrected chi connectivity index (χ3v) is 3.74. The van der Waals surface area contributed by atoms with Gasteiger partial charge in [0.25, 0.3) is 0 Å². The molecule has 1 aliphatic heterocycles. The molecule has 1 fully saturated rings. The molecule has 1 saturated heterocycles. The predicted octanol–water partition coefficient (Wildman–Crippen LogP) is 0.948. The average molecular weight is 257 g/mol. The fraction of sp³-hybridized carbons (Fsp3) is 0.455. The van der Waals surface area contributed by atoms with Crippen molar-refractivity contribution in [2.75, 3.05) is 26.3 Å². The van der Waals surface area contributed by atoms with Crippen LogP contribution in [-0.2, 0) is 19.1 Å². The molecule has 2 rings (SSSR count). The van der Waals surface area contributed by atoms with E-state index < -0.39 is 10.1 Å². The lowest BCUT2D eigenvalue weighted by Crippen LogP contribution is -2.37. The highest BCUT2D eigenvalue weighted by atomic mass is 32.2. The summed E-state index contributed by atoms with van der Waals surface area (Å²) in [5.74, 6) is 0. The third kappa shape index (κ3) is 3.26. The summed E-state index contributed by atoms with van der Waals surface area (Å²) in [6.45, 7) is 3.81. The number of nitrogens with zero attached hydrogens (tertiary/aromatic N) is 1. The van der Waals surface area contributed by atoms with Crippen LogP contribution in [0.5, 0.6) is 0 Å². The Kier molecular flexibility index (Phi) is 3.78. The molecule has 0 spiro atoms. The van der Waals surface area contributed by atoms with E-state index in [1.165, 1.54) is 5.06 Å². The summed E-state index contributed by atoms with van der Waals surface area (Å²) >= 11 is 0. The van der Waals surface area contributed by atoms with Crippen molar-refractivity contribution in [1.29, 1.82) is 0 Å². The summed E-state index contributed by atoms with van der Waals surface area (Å²) in [6, 6.07) is 6.58. The van der Waals surface area contributed by atoms with Crippen LogP contribution in [0.4, 0.5) is 0 Å². The Bertz CT molecular complexity index is 463. The smallest absolute Gasteiger partial charge is 0.313 e. The Morgan fingerprint density at radius 1 is 1.18 bits per heavy atom. The first-order valence-electron chi connectivity index (χ1n) is 5.42. The molecular formula is C11H15NO4S. The van der Waals surface area contributed by atoms with Crippen LogP contribution in [0.2, 0.25) is 0 Å². The quantitative estimate of drug-likeness (QED) is 0.807. The van der Waals surface area contributed by atoms with Crippen LogP contribution in [-0.4, -0.2) is 39.8 Å². The molecule has 0 N–H and O–H groups in total. The molecule has 0 unspecified atom stereocenters. The van der Waals surface area contributed by atoms with E-state index in [0.29, 0.717) is 26.3 Å². The molecule has 17 heavy (non-hydrogen) atoms. The van der Waals surface area contributed by atoms with Crippen molar-refractivity contribution in [3.05, 3.63) is 29.8 Å². The average Bonchev–Trinajstić information content (AvgIpc) is 2.30. The molecule has 0 aromatic heterocycles. The highest BCUT2D eigenvalue weighted by molar-refractivity contribution is 7.86. The topological polar surface area (TPSA) is 55.8 Å². The molecule has 1 aromatic rings. The van der Waals surface area contributed by atoms with Crippen molar-refractivity contribution >= 4 is 10.1 Å². The molecular weight excluding hydrogens is 242 g/mol. The van der Waals surface area contributed by atoms with E-state index in [1.807, 2.05) is 6.92 Å². The second-order valence-electron chi connectivity index (χ2n) is 3.88. The lowest BCUT2D eigenvalue weighted by molar-refractivity contribution is -0.113. The van der Waals surface area contributed by atoms with Gasteiger partial charge in [-0.15, -0.1) is 0 Å². The number of benzene rings is 1. The molecule has 1 aliphatic rings. The van der Waals surface area contributed by atoms with E-state index in [9.17, 15) is 8.42 Å². The normalized spacial score (nSPS) is 18.2. The summed E-state index contributed by atoms with van der Waals surface area (Å²) in [5, 5.41) is 1.42. The number of hydrogen-bond donors (Lipinski definition) is 0. The first-order valence-corrected chi connectivity index (χ1v) is 6.83. The van der Waals surface area contributed by atoms with E-state index in [1.54, 1.807) is 24.3 Å². The van der Waals surface area contributed by atoms with E-state index >= 15 is 0 Å². The summed E-state index contributed by atoms with van der Waals surface area (Å²) in [4.78, 5) is 0.176. The van der Waals surface area contributed by atoms with E-state index in [-0.39, 0.29) is 4.90 Å². The van der Waals surface area contributed by atoms with E-state index in [2.05, 4.69) is 0 Å². The van der Waals surface area contributed by atoms with Gasteiger partial charge in [0, 0.05) is 13.1 Å². The standard InChI is InChI=1S/C11H15NO4S/c1-10-2-4-11(5-3-10)17(13,14)16-12-6-8-15-9-7-12/h2-5H,6-9H2,1H3. The second kappa shape index (κ2) is 5.14. The minimum Gasteiger partial charge on any atom is -0.379 e. The first-order chi connectivity index (χ1) is 8.08. The zero-order valence-electron chi connectivity index (χ0n) is 9.63. The SMILES string of the molecule is Cc1ccc(S(=O)(=O)ON2CCOCC2)cc1. The molecule has 94 valence electrons. The van der Waals surface area contributed by atoms with Gasteiger partial charge >= 0.3 is 10.1 Å². The Labute approximate surface area is 101 Å². The Morgan fingerprint density at radius 3 is 2.35 bits per heavy atom. The number of hydrogen-bond acceptors (Lipinski definition) is 5. The molecule has 6 heteroatoms. The van der Waals surface area contributed by atoms with Crippen molar-refractivity contribution < 1.29 is 17.4 Å². The van der Waals surface area contributed by atoms with Crippen molar-refractivity contribution in [2.45, 2.75) is 11.8 Å². The summed E-state index contributed by atoms with van der Waals surface area (Å²) < 4.78 is 34.0. The molecule has 0 saturated carbocycles. The molecule has 0 aliphatic carbocycles. The van der Waals surface area contributed by atoms with Crippen LogP contribution in [0, 0.1) is 6.92 Å². The van der Waals surface area contributed by atoms with Crippen LogP contribution in [0.3, 0.4) is 0 Å². The van der Waals surface area contributed by atoms with Crippen molar-refractivity contribution in [3.63, 3.8) is 0 Å². The van der Waals surface area contributed by atoms with Gasteiger partial charge in [-0.2, -0.15) is 17.8 Å². The van der Waals surface area contributed by atoms with Crippen molar-refractivity contribution in [3.8, 4) is 0 Å². The maximum absolute atomic E-state index is 11.9. The summed E-state index contributed by atoms with van der Waals surface area (Å²) in [6.07, 6.45) is 0. The van der Waals surface area contributed by atoms with Crippen LogP contribution in [0.15, 0.2) is 29.2 Å². The third-order valence-electron chi connectivity index (χ3n) is 2.48. The van der Waals surface area contributed by atoms with E-state index in [0.717, 1.165) is 5.56 Å². The van der Waals surface area contributed by atoms with Gasteiger partial charge in [-0.1, -0.05) is 17.7 Å². The Hall–Kier alpha value is -0.950. The Balaban J connectivity index is 2.10. The summed E-state index contributed by atoms with van der Waals surface area (Å²) in [5.41, 5.74) is 1.01. The molecule has 1 aromatic carbocycles. The summed E-state index contributed by atoms with van der Waals surface area (Å²) in [7, 11) is -3.71. The zero-order chi connectivity index (χ0) is 12.3. The fourth-order valence-electron chi connectivity index (χ4n) is 1.51. The molecule has 0 bridgehead atoms. The second-order valence-corrected chi connectivity index (χ2v) is 5.41. The number of hydroxylamine groups is 2. The maximum Gasteiger partial charge on any atom is 0.313 e. The minimum absolute atomic E-state index is 0.176. The van der Waals surface area contributed by atoms with Gasteiger partial charge in [-0.05, 0) is 19.1 Å². The van der Waals surface area contributed by atoms with Crippen molar-refractivity contribution in [2.24, 2.45) is 0 Å². The molecule has 5 nitrogen and oxygen atoms in total. The molecule has 0 atom stereocenters. The number of ether oxygens (including phenoxy) is 1. The van der Waals surface area contributed by atoms with Gasteiger partial charge in [0.2, 0.25) is 0 Å². The van der Waals surface area contributed by atoms with Gasteiger partial charge in [-0.3, -0.25) is 0 Å². The Morgan fingerprint density at radius 2 is 1.76 bits per heavy atom. The number of morpholine rings is 1. The predicted molar refractivity (Wildman–Crippen MR) is 61.8 cm³/mol. The van der Waals surface area contributed by atoms with Gasteiger partial charge in [0.05, 0.1) is 18.1 Å². The number of rotatable bonds is 3. The monoisotopic (exact) mass is 257 g/mol. The highest BCUT2D eigenvalue weighted by Crippen LogP contribution is 2.15. The van der Waals surface area contributed by atoms with Crippen LogP contribution in [0.1, 0.15) is 5.56 Å². The molecule has 0 amide bonds. The maximum atomic E-state index is 11.9. The zero-order valence-corrected chi connectivity index (χ0v) is 10.4. The number of aryl methyl sites for hydroxylation is 1. The lowest BCUT2D eigenvalue weighted by atomic mass is 10.2. The lowest BCUT2D eigenvalue weighted by Gasteiger charge is -2.24. The van der Waals surface area contributed by atoms with Gasteiger partial charge in [0.1, 0.15) is 0 Å². The first kappa shape index (κ1) is 12.5. The molecule has 0 radical (unpaired) electrons. The van der Waals surface area contributed by atoms with Crippen LogP contribution in [0.25, 0.3) is 0 Å². The molecule has 1 heterocycles. The largest absolute Gasteiger partial charge is 0.379 e. The van der Waals surface area contributed by atoms with Crippen LogP contribution >= 0.6 is 0 Å². The van der Waals surface area contributed by atoms with Crippen molar-refractivity contribution in [1.82, 2.24) is 5.06 Å².